The van der Waals surface area contributed by atoms with Crippen molar-refractivity contribution in [3.05, 3.63) is 40.2 Å². The van der Waals surface area contributed by atoms with E-state index >= 15 is 0 Å². The van der Waals surface area contributed by atoms with E-state index < -0.39 is 0 Å². The van der Waals surface area contributed by atoms with E-state index in [0.29, 0.717) is 5.58 Å². The number of unbranched alkanes of at least 4 members (excludes halogenated alkanes) is 2. The van der Waals surface area contributed by atoms with Crippen molar-refractivity contribution in [2.75, 3.05) is 6.61 Å². The third kappa shape index (κ3) is 2.92. The fraction of sp³-hybridized carbons (Fsp3) is 0.400. The van der Waals surface area contributed by atoms with Gasteiger partial charge in [-0.1, -0.05) is 19.8 Å². The van der Waals surface area contributed by atoms with Crippen molar-refractivity contribution in [1.29, 1.82) is 0 Å². The highest BCUT2D eigenvalue weighted by Crippen LogP contribution is 2.22. The minimum Gasteiger partial charge on any atom is -0.494 e. The molecule has 0 bridgehead atoms. The molecule has 0 saturated heterocycles. The molecule has 96 valence electrons. The number of ether oxygens (including phenoxy) is 1. The standard InChI is InChI=1S/C15H18O3/c1-3-4-5-8-17-12-6-7-14-13(10-12)11(2)9-15(16)18-14/h6-7,9-10H,3-5,8H2,1-2H3. The van der Waals surface area contributed by atoms with Crippen LogP contribution in [0.25, 0.3) is 11.0 Å². The summed E-state index contributed by atoms with van der Waals surface area (Å²) in [4.78, 5) is 11.2. The Labute approximate surface area is 106 Å². The molecule has 3 heteroatoms. The first-order valence-electron chi connectivity index (χ1n) is 6.38. The zero-order chi connectivity index (χ0) is 13.0. The van der Waals surface area contributed by atoms with Crippen LogP contribution in [0.1, 0.15) is 31.7 Å². The summed E-state index contributed by atoms with van der Waals surface area (Å²) < 4.78 is 10.8. The van der Waals surface area contributed by atoms with Gasteiger partial charge >= 0.3 is 5.63 Å². The van der Waals surface area contributed by atoms with E-state index in [-0.39, 0.29) is 5.63 Å². The third-order valence-electron chi connectivity index (χ3n) is 2.94. The van der Waals surface area contributed by atoms with Crippen molar-refractivity contribution >= 4 is 11.0 Å². The van der Waals surface area contributed by atoms with Crippen molar-refractivity contribution in [1.82, 2.24) is 0 Å². The lowest BCUT2D eigenvalue weighted by atomic mass is 10.1. The van der Waals surface area contributed by atoms with Crippen molar-refractivity contribution < 1.29 is 9.15 Å². The summed E-state index contributed by atoms with van der Waals surface area (Å²) in [6.07, 6.45) is 3.43. The van der Waals surface area contributed by atoms with Crippen LogP contribution < -0.4 is 10.4 Å². The summed E-state index contributed by atoms with van der Waals surface area (Å²) in [7, 11) is 0. The van der Waals surface area contributed by atoms with Crippen LogP contribution in [-0.2, 0) is 0 Å². The van der Waals surface area contributed by atoms with E-state index in [2.05, 4.69) is 6.92 Å². The summed E-state index contributed by atoms with van der Waals surface area (Å²) in [6, 6.07) is 7.07. The minimum atomic E-state index is -0.309. The second-order valence-electron chi connectivity index (χ2n) is 4.46. The molecule has 0 aliphatic carbocycles. The van der Waals surface area contributed by atoms with Gasteiger partial charge in [-0.05, 0) is 37.1 Å². The zero-order valence-corrected chi connectivity index (χ0v) is 10.9. The van der Waals surface area contributed by atoms with Crippen molar-refractivity contribution in [2.24, 2.45) is 0 Å². The molecular formula is C15H18O3. The Morgan fingerprint density at radius 1 is 1.22 bits per heavy atom. The predicted molar refractivity (Wildman–Crippen MR) is 72.2 cm³/mol. The first kappa shape index (κ1) is 12.7. The molecule has 18 heavy (non-hydrogen) atoms. The lowest BCUT2D eigenvalue weighted by Gasteiger charge is -2.07. The zero-order valence-electron chi connectivity index (χ0n) is 10.9. The molecule has 0 unspecified atom stereocenters. The Bertz CT molecular complexity index is 584. The average molecular weight is 246 g/mol. The maximum Gasteiger partial charge on any atom is 0.336 e. The van der Waals surface area contributed by atoms with Gasteiger partial charge in [0, 0.05) is 11.5 Å². The van der Waals surface area contributed by atoms with Gasteiger partial charge in [0.15, 0.2) is 0 Å². The number of hydrogen-bond acceptors (Lipinski definition) is 3. The second-order valence-corrected chi connectivity index (χ2v) is 4.46. The van der Waals surface area contributed by atoms with Gasteiger partial charge in [0.2, 0.25) is 0 Å². The van der Waals surface area contributed by atoms with Crippen LogP contribution in [0.15, 0.2) is 33.5 Å². The van der Waals surface area contributed by atoms with E-state index in [4.69, 9.17) is 9.15 Å². The SMILES string of the molecule is CCCCCOc1ccc2oc(=O)cc(C)c2c1. The molecule has 0 radical (unpaired) electrons. The summed E-state index contributed by atoms with van der Waals surface area (Å²) >= 11 is 0. The molecule has 0 aliphatic rings. The minimum absolute atomic E-state index is 0.309. The number of rotatable bonds is 5. The Morgan fingerprint density at radius 2 is 2.06 bits per heavy atom. The second kappa shape index (κ2) is 5.71. The number of fused-ring (bicyclic) bond motifs is 1. The Balaban J connectivity index is 2.19. The van der Waals surface area contributed by atoms with E-state index in [1.807, 2.05) is 19.1 Å². The lowest BCUT2D eigenvalue weighted by Crippen LogP contribution is -1.99. The predicted octanol–water partition coefficient (Wildman–Crippen LogP) is 3.67. The van der Waals surface area contributed by atoms with Crippen molar-refractivity contribution in [3.63, 3.8) is 0 Å². The van der Waals surface area contributed by atoms with Crippen molar-refractivity contribution in [3.8, 4) is 5.75 Å². The highest BCUT2D eigenvalue weighted by molar-refractivity contribution is 5.81. The largest absolute Gasteiger partial charge is 0.494 e. The van der Waals surface area contributed by atoms with E-state index in [1.54, 1.807) is 6.07 Å². The molecule has 1 aromatic heterocycles. The monoisotopic (exact) mass is 246 g/mol. The van der Waals surface area contributed by atoms with E-state index in [0.717, 1.165) is 29.7 Å². The number of aryl methyl sites for hydroxylation is 1. The van der Waals surface area contributed by atoms with E-state index in [1.165, 1.54) is 18.9 Å². The van der Waals surface area contributed by atoms with Crippen LogP contribution in [0.3, 0.4) is 0 Å². The van der Waals surface area contributed by atoms with E-state index in [9.17, 15) is 4.79 Å². The van der Waals surface area contributed by atoms with Gasteiger partial charge in [-0.25, -0.2) is 4.79 Å². The summed E-state index contributed by atoms with van der Waals surface area (Å²) in [6.45, 7) is 4.80. The van der Waals surface area contributed by atoms with Crippen LogP contribution in [-0.4, -0.2) is 6.61 Å². The van der Waals surface area contributed by atoms with Gasteiger partial charge in [0.1, 0.15) is 11.3 Å². The van der Waals surface area contributed by atoms with Crippen LogP contribution in [0.2, 0.25) is 0 Å². The molecule has 0 aliphatic heterocycles. The highest BCUT2D eigenvalue weighted by atomic mass is 16.5. The Morgan fingerprint density at radius 3 is 2.83 bits per heavy atom. The molecule has 1 aromatic carbocycles. The van der Waals surface area contributed by atoms with Crippen LogP contribution in [0.4, 0.5) is 0 Å². The van der Waals surface area contributed by atoms with Crippen LogP contribution >= 0.6 is 0 Å². The molecule has 3 nitrogen and oxygen atoms in total. The van der Waals surface area contributed by atoms with Gasteiger partial charge in [0.25, 0.3) is 0 Å². The molecule has 0 amide bonds. The molecule has 0 saturated carbocycles. The smallest absolute Gasteiger partial charge is 0.336 e. The van der Waals surface area contributed by atoms with Gasteiger partial charge < -0.3 is 9.15 Å². The molecular weight excluding hydrogens is 228 g/mol. The summed E-state index contributed by atoms with van der Waals surface area (Å²) in [5.74, 6) is 0.829. The fourth-order valence-electron chi connectivity index (χ4n) is 1.93. The highest BCUT2D eigenvalue weighted by Gasteiger charge is 2.03. The van der Waals surface area contributed by atoms with Crippen LogP contribution in [0, 0.1) is 6.92 Å². The molecule has 0 N–H and O–H groups in total. The third-order valence-corrected chi connectivity index (χ3v) is 2.94. The average Bonchev–Trinajstić information content (AvgIpc) is 2.35. The topological polar surface area (TPSA) is 39.4 Å². The fourth-order valence-corrected chi connectivity index (χ4v) is 1.93. The number of hydrogen-bond donors (Lipinski definition) is 0. The normalized spacial score (nSPS) is 10.8. The molecule has 2 rings (SSSR count). The van der Waals surface area contributed by atoms with Crippen LogP contribution in [0.5, 0.6) is 5.75 Å². The molecule has 2 aromatic rings. The number of benzene rings is 1. The first-order chi connectivity index (χ1) is 8.70. The Kier molecular flexibility index (Phi) is 4.03. The summed E-state index contributed by atoms with van der Waals surface area (Å²) in [5, 5.41) is 0.933. The molecule has 1 heterocycles. The van der Waals surface area contributed by atoms with Gasteiger partial charge in [0.05, 0.1) is 6.61 Å². The van der Waals surface area contributed by atoms with Gasteiger partial charge in [-0.3, -0.25) is 0 Å². The molecule has 0 atom stereocenters. The molecule has 0 fully saturated rings. The van der Waals surface area contributed by atoms with Gasteiger partial charge in [-0.15, -0.1) is 0 Å². The quantitative estimate of drug-likeness (QED) is 0.597. The Hall–Kier alpha value is -1.77. The van der Waals surface area contributed by atoms with Crippen molar-refractivity contribution in [2.45, 2.75) is 33.1 Å². The summed E-state index contributed by atoms with van der Waals surface area (Å²) in [5.41, 5.74) is 1.22. The maximum atomic E-state index is 11.2. The lowest BCUT2D eigenvalue weighted by molar-refractivity contribution is 0.306. The first-order valence-corrected chi connectivity index (χ1v) is 6.38. The van der Waals surface area contributed by atoms with Gasteiger partial charge in [-0.2, -0.15) is 0 Å². The maximum absolute atomic E-state index is 11.2. The molecule has 0 spiro atoms.